The van der Waals surface area contributed by atoms with Crippen LogP contribution < -0.4 is 4.72 Å². The quantitative estimate of drug-likeness (QED) is 0.570. The van der Waals surface area contributed by atoms with Crippen molar-refractivity contribution in [1.82, 2.24) is 4.72 Å². The van der Waals surface area contributed by atoms with Crippen molar-refractivity contribution in [3.63, 3.8) is 0 Å². The van der Waals surface area contributed by atoms with Crippen LogP contribution in [-0.4, -0.2) is 44.0 Å². The predicted octanol–water partition coefficient (Wildman–Crippen LogP) is 0.553. The maximum atomic E-state index is 11.9. The fraction of sp³-hybridized carbons (Fsp3) is 0.917. The molecule has 1 fully saturated rings. The highest BCUT2D eigenvalue weighted by Gasteiger charge is 2.33. The maximum Gasteiger partial charge on any atom is 0.325 e. The average molecular weight is 293 g/mol. The molecular weight excluding hydrogens is 270 g/mol. The molecule has 0 saturated heterocycles. The zero-order valence-corrected chi connectivity index (χ0v) is 12.3. The Labute approximate surface area is 114 Å². The van der Waals surface area contributed by atoms with Crippen LogP contribution in [0.2, 0.25) is 0 Å². The summed E-state index contributed by atoms with van der Waals surface area (Å²) in [5.41, 5.74) is -1.00. The normalized spacial score (nSPS) is 21.4. The number of aliphatic hydroxyl groups is 1. The van der Waals surface area contributed by atoms with Crippen molar-refractivity contribution in [2.75, 3.05) is 13.7 Å². The number of rotatable bonds is 5. The summed E-state index contributed by atoms with van der Waals surface area (Å²) in [5.74, 6) is -0.805. The van der Waals surface area contributed by atoms with Gasteiger partial charge in [-0.2, -0.15) is 0 Å². The molecule has 0 aromatic rings. The Morgan fingerprint density at radius 1 is 1.32 bits per heavy atom. The van der Waals surface area contributed by atoms with Crippen molar-refractivity contribution in [1.29, 1.82) is 0 Å². The van der Waals surface area contributed by atoms with E-state index >= 15 is 0 Å². The van der Waals surface area contributed by atoms with Gasteiger partial charge in [-0.05, 0) is 19.8 Å². The number of ether oxygens (including phenoxy) is 1. The number of hydrogen-bond donors (Lipinski definition) is 2. The van der Waals surface area contributed by atoms with E-state index in [4.69, 9.17) is 0 Å². The van der Waals surface area contributed by atoms with Gasteiger partial charge < -0.3 is 9.84 Å². The summed E-state index contributed by atoms with van der Waals surface area (Å²) in [5, 5.41) is 9.08. The lowest BCUT2D eigenvalue weighted by molar-refractivity contribution is -0.139. The van der Waals surface area contributed by atoms with Crippen molar-refractivity contribution in [2.24, 2.45) is 0 Å². The van der Waals surface area contributed by atoms with Crippen LogP contribution in [0, 0.1) is 0 Å². The number of carbonyl (C=O) groups excluding carboxylic acids is 1. The first-order chi connectivity index (χ1) is 8.81. The van der Waals surface area contributed by atoms with Gasteiger partial charge in [-0.1, -0.05) is 25.7 Å². The third-order valence-corrected chi connectivity index (χ3v) is 5.31. The highest BCUT2D eigenvalue weighted by Crippen LogP contribution is 2.26. The molecule has 1 aliphatic carbocycles. The Kier molecular flexibility index (Phi) is 5.76. The van der Waals surface area contributed by atoms with Crippen LogP contribution in [0.15, 0.2) is 0 Å². The molecule has 2 N–H and O–H groups in total. The van der Waals surface area contributed by atoms with Crippen LogP contribution in [0.5, 0.6) is 0 Å². The lowest BCUT2D eigenvalue weighted by Crippen LogP contribution is -2.46. The Morgan fingerprint density at radius 2 is 1.84 bits per heavy atom. The largest absolute Gasteiger partial charge is 0.468 e. The van der Waals surface area contributed by atoms with E-state index in [1.165, 1.54) is 6.92 Å². The second kappa shape index (κ2) is 6.67. The summed E-state index contributed by atoms with van der Waals surface area (Å²) in [6.07, 6.45) is 5.08. The standard InChI is InChI=1S/C12H23NO5S/c1-10(11(14)18-2)19(16,17)13-9-12(15)7-5-3-4-6-8-12/h10,13,15H,3-9H2,1-2H3. The van der Waals surface area contributed by atoms with Gasteiger partial charge in [0.2, 0.25) is 10.0 Å². The van der Waals surface area contributed by atoms with Gasteiger partial charge >= 0.3 is 5.97 Å². The molecule has 0 aromatic heterocycles. The van der Waals surface area contributed by atoms with Gasteiger partial charge in [0.25, 0.3) is 0 Å². The second-order valence-corrected chi connectivity index (χ2v) is 7.26. The third kappa shape index (κ3) is 4.74. The van der Waals surface area contributed by atoms with Gasteiger partial charge in [0.1, 0.15) is 0 Å². The number of sulfonamides is 1. The van der Waals surface area contributed by atoms with E-state index in [0.717, 1.165) is 32.8 Å². The number of carbonyl (C=O) groups is 1. The first-order valence-corrected chi connectivity index (χ1v) is 8.14. The molecule has 0 aromatic carbocycles. The highest BCUT2D eigenvalue weighted by atomic mass is 32.2. The van der Waals surface area contributed by atoms with Crippen LogP contribution in [0.4, 0.5) is 0 Å². The maximum absolute atomic E-state index is 11.9. The van der Waals surface area contributed by atoms with E-state index in [1.54, 1.807) is 0 Å². The van der Waals surface area contributed by atoms with Crippen molar-refractivity contribution in [2.45, 2.75) is 56.3 Å². The number of methoxy groups -OCH3 is 1. The zero-order valence-electron chi connectivity index (χ0n) is 11.5. The van der Waals surface area contributed by atoms with Crippen LogP contribution in [0.3, 0.4) is 0 Å². The molecule has 0 spiro atoms. The van der Waals surface area contributed by atoms with Gasteiger partial charge in [-0.15, -0.1) is 0 Å². The summed E-state index contributed by atoms with van der Waals surface area (Å²) in [4.78, 5) is 11.2. The molecule has 1 saturated carbocycles. The number of esters is 1. The third-order valence-electron chi connectivity index (χ3n) is 3.64. The lowest BCUT2D eigenvalue weighted by Gasteiger charge is -2.27. The van der Waals surface area contributed by atoms with Crippen LogP contribution in [0.25, 0.3) is 0 Å². The fourth-order valence-corrected chi connectivity index (χ4v) is 3.29. The highest BCUT2D eigenvalue weighted by molar-refractivity contribution is 7.90. The van der Waals surface area contributed by atoms with Gasteiger partial charge in [0.15, 0.2) is 5.25 Å². The van der Waals surface area contributed by atoms with Gasteiger partial charge in [0.05, 0.1) is 12.7 Å². The smallest absolute Gasteiger partial charge is 0.325 e. The minimum absolute atomic E-state index is 0.0450. The first-order valence-electron chi connectivity index (χ1n) is 6.59. The van der Waals surface area contributed by atoms with E-state index in [2.05, 4.69) is 9.46 Å². The van der Waals surface area contributed by atoms with Crippen LogP contribution in [-0.2, 0) is 19.6 Å². The van der Waals surface area contributed by atoms with E-state index in [9.17, 15) is 18.3 Å². The van der Waals surface area contributed by atoms with Gasteiger partial charge in [-0.3, -0.25) is 4.79 Å². The molecule has 112 valence electrons. The topological polar surface area (TPSA) is 92.7 Å². The Morgan fingerprint density at radius 3 is 2.32 bits per heavy atom. The Bertz CT molecular complexity index is 398. The molecule has 0 bridgehead atoms. The summed E-state index contributed by atoms with van der Waals surface area (Å²) in [6.45, 7) is 1.22. The van der Waals surface area contributed by atoms with E-state index in [1.807, 2.05) is 0 Å². The van der Waals surface area contributed by atoms with Crippen LogP contribution >= 0.6 is 0 Å². The molecule has 19 heavy (non-hydrogen) atoms. The minimum atomic E-state index is -3.81. The Balaban J connectivity index is 2.61. The molecule has 0 aliphatic heterocycles. The molecule has 1 atom stereocenters. The van der Waals surface area contributed by atoms with E-state index in [0.29, 0.717) is 12.8 Å². The number of hydrogen-bond acceptors (Lipinski definition) is 5. The average Bonchev–Trinajstić information content (AvgIpc) is 2.60. The second-order valence-electron chi connectivity index (χ2n) is 5.17. The zero-order chi connectivity index (χ0) is 14.5. The van der Waals surface area contributed by atoms with Crippen molar-refractivity contribution >= 4 is 16.0 Å². The molecule has 1 unspecified atom stereocenters. The van der Waals surface area contributed by atoms with E-state index in [-0.39, 0.29) is 6.54 Å². The number of nitrogens with one attached hydrogen (secondary N) is 1. The van der Waals surface area contributed by atoms with Gasteiger partial charge in [0, 0.05) is 6.54 Å². The molecule has 0 radical (unpaired) electrons. The van der Waals surface area contributed by atoms with Gasteiger partial charge in [-0.25, -0.2) is 13.1 Å². The first kappa shape index (κ1) is 16.4. The summed E-state index contributed by atoms with van der Waals surface area (Å²) in [7, 11) is -2.66. The molecular formula is C12H23NO5S. The predicted molar refractivity (Wildman–Crippen MR) is 71.1 cm³/mol. The summed E-state index contributed by atoms with van der Waals surface area (Å²) in [6, 6.07) is 0. The summed E-state index contributed by atoms with van der Waals surface area (Å²) < 4.78 is 30.5. The fourth-order valence-electron chi connectivity index (χ4n) is 2.22. The molecule has 7 heteroatoms. The molecule has 1 aliphatic rings. The molecule has 0 heterocycles. The van der Waals surface area contributed by atoms with E-state index < -0.39 is 26.8 Å². The SMILES string of the molecule is COC(=O)C(C)S(=O)(=O)NCC1(O)CCCCCC1. The monoisotopic (exact) mass is 293 g/mol. The molecule has 0 amide bonds. The van der Waals surface area contributed by atoms with Crippen molar-refractivity contribution < 1.29 is 23.1 Å². The molecule has 6 nitrogen and oxygen atoms in total. The summed E-state index contributed by atoms with van der Waals surface area (Å²) >= 11 is 0. The molecule has 1 rings (SSSR count). The van der Waals surface area contributed by atoms with Crippen LogP contribution in [0.1, 0.15) is 45.4 Å². The minimum Gasteiger partial charge on any atom is -0.468 e. The Hall–Kier alpha value is -0.660. The van der Waals surface area contributed by atoms with Crippen molar-refractivity contribution in [3.8, 4) is 0 Å². The van der Waals surface area contributed by atoms with Crippen molar-refractivity contribution in [3.05, 3.63) is 0 Å². The lowest BCUT2D eigenvalue weighted by atomic mass is 9.95.